The highest BCUT2D eigenvalue weighted by Gasteiger charge is 2.30. The third kappa shape index (κ3) is 4.56. The van der Waals surface area contributed by atoms with Crippen LogP contribution >= 0.6 is 0 Å². The Hall–Kier alpha value is -3.09. The van der Waals surface area contributed by atoms with E-state index in [1.165, 1.54) is 18.7 Å². The van der Waals surface area contributed by atoms with Gasteiger partial charge in [-0.05, 0) is 55.3 Å². The maximum Gasteiger partial charge on any atom is 0.416 e. The highest BCUT2D eigenvalue weighted by molar-refractivity contribution is 5.96. The normalized spacial score (nSPS) is 15.2. The molecule has 0 spiro atoms. The Kier molecular flexibility index (Phi) is 5.61. The van der Waals surface area contributed by atoms with Gasteiger partial charge in [0, 0.05) is 34.6 Å². The van der Waals surface area contributed by atoms with Crippen molar-refractivity contribution in [2.75, 3.05) is 5.32 Å². The molecule has 0 radical (unpaired) electrons. The summed E-state index contributed by atoms with van der Waals surface area (Å²) in [4.78, 5) is 16.5. The minimum Gasteiger partial charge on any atom is -0.355 e. The van der Waals surface area contributed by atoms with Gasteiger partial charge in [-0.15, -0.1) is 0 Å². The van der Waals surface area contributed by atoms with Gasteiger partial charge in [0.05, 0.1) is 11.1 Å². The highest BCUT2D eigenvalue weighted by Crippen LogP contribution is 2.33. The molecule has 1 aliphatic rings. The molecule has 1 fully saturated rings. The van der Waals surface area contributed by atoms with Gasteiger partial charge in [-0.25, -0.2) is 0 Å². The fourth-order valence-corrected chi connectivity index (χ4v) is 3.81. The fraction of sp³-hybridized carbons (Fsp3) is 0.304. The Morgan fingerprint density at radius 2 is 1.70 bits per heavy atom. The smallest absolute Gasteiger partial charge is 0.355 e. The molecule has 0 unspecified atom stereocenters. The molecule has 4 rings (SSSR count). The quantitative estimate of drug-likeness (QED) is 0.547. The zero-order chi connectivity index (χ0) is 21.1. The summed E-state index contributed by atoms with van der Waals surface area (Å²) in [5.41, 5.74) is 1.50. The molecule has 1 heterocycles. The largest absolute Gasteiger partial charge is 0.416 e. The summed E-state index contributed by atoms with van der Waals surface area (Å²) in [6.07, 6.45) is 2.64. The second kappa shape index (κ2) is 8.34. The Morgan fingerprint density at radius 1 is 0.967 bits per heavy atom. The van der Waals surface area contributed by atoms with Gasteiger partial charge in [-0.3, -0.25) is 9.78 Å². The predicted octanol–water partition coefficient (Wildman–Crippen LogP) is 6.06. The van der Waals surface area contributed by atoms with Crippen molar-refractivity contribution in [1.29, 1.82) is 0 Å². The standard InChI is InChI=1S/C23H22F3N3O/c24-23(25,26)16-8-11-19-20(12-13-27-21(19)14-16)28-18-9-6-15(7-10-18)22(30)29-17-4-2-1-3-5-17/h6-14,17H,1-5H2,(H,27,28)(H,29,30). The second-order valence-corrected chi connectivity index (χ2v) is 7.60. The Bertz CT molecular complexity index is 1040. The van der Waals surface area contributed by atoms with E-state index in [2.05, 4.69) is 15.6 Å². The molecular formula is C23H22F3N3O. The van der Waals surface area contributed by atoms with Crippen LogP contribution in [0.4, 0.5) is 24.5 Å². The number of alkyl halides is 3. The van der Waals surface area contributed by atoms with E-state index in [0.717, 1.165) is 43.5 Å². The minimum absolute atomic E-state index is 0.0810. The second-order valence-electron chi connectivity index (χ2n) is 7.60. The molecule has 156 valence electrons. The van der Waals surface area contributed by atoms with Crippen LogP contribution in [0.15, 0.2) is 54.7 Å². The predicted molar refractivity (Wildman–Crippen MR) is 111 cm³/mol. The number of carbonyl (C=O) groups excluding carboxylic acids is 1. The molecule has 4 nitrogen and oxygen atoms in total. The van der Waals surface area contributed by atoms with Gasteiger partial charge in [0.25, 0.3) is 5.91 Å². The van der Waals surface area contributed by atoms with Gasteiger partial charge >= 0.3 is 6.18 Å². The summed E-state index contributed by atoms with van der Waals surface area (Å²) in [5, 5.41) is 6.87. The van der Waals surface area contributed by atoms with Crippen molar-refractivity contribution in [2.45, 2.75) is 44.3 Å². The number of hydrogen-bond donors (Lipinski definition) is 2. The average molecular weight is 413 g/mol. The Labute approximate surface area is 172 Å². The molecule has 0 bridgehead atoms. The topological polar surface area (TPSA) is 54.0 Å². The Morgan fingerprint density at radius 3 is 2.40 bits per heavy atom. The maximum absolute atomic E-state index is 12.9. The first-order valence-corrected chi connectivity index (χ1v) is 10.0. The van der Waals surface area contributed by atoms with E-state index in [4.69, 9.17) is 0 Å². The molecule has 0 saturated heterocycles. The zero-order valence-electron chi connectivity index (χ0n) is 16.3. The van der Waals surface area contributed by atoms with E-state index in [-0.39, 0.29) is 17.5 Å². The molecule has 1 aromatic heterocycles. The van der Waals surface area contributed by atoms with Crippen molar-refractivity contribution < 1.29 is 18.0 Å². The summed E-state index contributed by atoms with van der Waals surface area (Å²) in [6.45, 7) is 0. The van der Waals surface area contributed by atoms with Crippen molar-refractivity contribution in [2.24, 2.45) is 0 Å². The van der Waals surface area contributed by atoms with E-state index in [1.807, 2.05) is 0 Å². The Balaban J connectivity index is 1.49. The van der Waals surface area contributed by atoms with E-state index in [1.54, 1.807) is 30.3 Å². The highest BCUT2D eigenvalue weighted by atomic mass is 19.4. The van der Waals surface area contributed by atoms with Crippen LogP contribution in [-0.4, -0.2) is 16.9 Å². The zero-order valence-corrected chi connectivity index (χ0v) is 16.3. The van der Waals surface area contributed by atoms with Crippen LogP contribution in [0.3, 0.4) is 0 Å². The van der Waals surface area contributed by atoms with Crippen molar-refractivity contribution in [3.05, 3.63) is 65.9 Å². The molecule has 1 amide bonds. The molecule has 1 aliphatic carbocycles. The van der Waals surface area contributed by atoms with Crippen LogP contribution in [0.25, 0.3) is 10.9 Å². The van der Waals surface area contributed by atoms with Crippen LogP contribution in [0.5, 0.6) is 0 Å². The minimum atomic E-state index is -4.41. The SMILES string of the molecule is O=C(NC1CCCCC1)c1ccc(Nc2ccnc3cc(C(F)(F)F)ccc23)cc1. The molecular weight excluding hydrogens is 391 g/mol. The number of benzene rings is 2. The third-order valence-corrected chi connectivity index (χ3v) is 5.44. The lowest BCUT2D eigenvalue weighted by molar-refractivity contribution is -0.137. The fourth-order valence-electron chi connectivity index (χ4n) is 3.81. The number of carbonyl (C=O) groups is 1. The number of amides is 1. The molecule has 2 aromatic carbocycles. The first-order valence-electron chi connectivity index (χ1n) is 10.0. The molecule has 30 heavy (non-hydrogen) atoms. The summed E-state index contributed by atoms with van der Waals surface area (Å²) in [6, 6.07) is 12.5. The lowest BCUT2D eigenvalue weighted by Crippen LogP contribution is -2.36. The summed E-state index contributed by atoms with van der Waals surface area (Å²) < 4.78 is 38.8. The summed E-state index contributed by atoms with van der Waals surface area (Å²) in [7, 11) is 0. The third-order valence-electron chi connectivity index (χ3n) is 5.44. The number of nitrogens with one attached hydrogen (secondary N) is 2. The van der Waals surface area contributed by atoms with Crippen molar-refractivity contribution in [3.63, 3.8) is 0 Å². The molecule has 0 atom stereocenters. The van der Waals surface area contributed by atoms with Crippen LogP contribution < -0.4 is 10.6 Å². The van der Waals surface area contributed by atoms with Gasteiger partial charge < -0.3 is 10.6 Å². The number of hydrogen-bond acceptors (Lipinski definition) is 3. The maximum atomic E-state index is 12.9. The molecule has 3 aromatic rings. The van der Waals surface area contributed by atoms with E-state index in [9.17, 15) is 18.0 Å². The first kappa shape index (κ1) is 20.2. The lowest BCUT2D eigenvalue weighted by Gasteiger charge is -2.22. The number of aromatic nitrogens is 1. The van der Waals surface area contributed by atoms with Gasteiger partial charge in [0.2, 0.25) is 0 Å². The monoisotopic (exact) mass is 413 g/mol. The number of halogens is 3. The number of anilines is 2. The van der Waals surface area contributed by atoms with E-state index >= 15 is 0 Å². The molecule has 7 heteroatoms. The number of nitrogens with zero attached hydrogens (tertiary/aromatic N) is 1. The molecule has 2 N–H and O–H groups in total. The van der Waals surface area contributed by atoms with E-state index in [0.29, 0.717) is 16.6 Å². The summed E-state index contributed by atoms with van der Waals surface area (Å²) >= 11 is 0. The lowest BCUT2D eigenvalue weighted by atomic mass is 9.95. The van der Waals surface area contributed by atoms with Gasteiger partial charge in [-0.2, -0.15) is 13.2 Å². The van der Waals surface area contributed by atoms with Crippen molar-refractivity contribution >= 4 is 28.2 Å². The molecule has 0 aliphatic heterocycles. The van der Waals surface area contributed by atoms with Crippen LogP contribution in [0.1, 0.15) is 48.0 Å². The van der Waals surface area contributed by atoms with Crippen LogP contribution in [0.2, 0.25) is 0 Å². The number of rotatable bonds is 4. The number of pyridine rings is 1. The number of fused-ring (bicyclic) bond motifs is 1. The van der Waals surface area contributed by atoms with Gasteiger partial charge in [0.1, 0.15) is 0 Å². The van der Waals surface area contributed by atoms with Crippen molar-refractivity contribution in [1.82, 2.24) is 10.3 Å². The van der Waals surface area contributed by atoms with Gasteiger partial charge in [0.15, 0.2) is 0 Å². The summed E-state index contributed by atoms with van der Waals surface area (Å²) in [5.74, 6) is -0.0810. The van der Waals surface area contributed by atoms with Crippen LogP contribution in [0, 0.1) is 0 Å². The first-order chi connectivity index (χ1) is 14.4. The van der Waals surface area contributed by atoms with Crippen molar-refractivity contribution in [3.8, 4) is 0 Å². The van der Waals surface area contributed by atoms with Gasteiger partial charge in [-0.1, -0.05) is 25.3 Å². The molecule has 1 saturated carbocycles. The average Bonchev–Trinajstić information content (AvgIpc) is 2.74. The van der Waals surface area contributed by atoms with Crippen LogP contribution in [-0.2, 0) is 6.18 Å². The van der Waals surface area contributed by atoms with E-state index < -0.39 is 11.7 Å².